The Labute approximate surface area is 353 Å². The van der Waals surface area contributed by atoms with Gasteiger partial charge in [-0.2, -0.15) is 13.2 Å². The first-order valence-electron chi connectivity index (χ1n) is 20.6. The second-order valence-corrected chi connectivity index (χ2v) is 17.3. The van der Waals surface area contributed by atoms with Gasteiger partial charge >= 0.3 is 18.1 Å². The highest BCUT2D eigenvalue weighted by Crippen LogP contribution is 2.38. The Balaban J connectivity index is 1.40. The Kier molecular flexibility index (Phi) is 15.5. The van der Waals surface area contributed by atoms with Crippen molar-refractivity contribution in [2.75, 3.05) is 13.6 Å². The van der Waals surface area contributed by atoms with E-state index in [1.54, 1.807) is 4.90 Å². The van der Waals surface area contributed by atoms with Crippen molar-refractivity contribution < 1.29 is 47.0 Å². The van der Waals surface area contributed by atoms with Gasteiger partial charge in [0.15, 0.2) is 6.10 Å². The van der Waals surface area contributed by atoms with Crippen LogP contribution in [0, 0.1) is 11.8 Å². The molecule has 3 aromatic rings. The fraction of sp³-hybridized carbons (Fsp3) is 0.545. The van der Waals surface area contributed by atoms with Crippen molar-refractivity contribution in [2.24, 2.45) is 11.8 Å². The molecule has 0 bridgehead atoms. The number of esters is 1. The monoisotopic (exact) mass is 855 g/mol. The summed E-state index contributed by atoms with van der Waals surface area (Å²) in [6, 6.07) is 10.1. The normalized spacial score (nSPS) is 20.3. The van der Waals surface area contributed by atoms with E-state index in [2.05, 4.69) is 15.6 Å². The molecule has 1 aliphatic carbocycles. The number of carboxylic acids is 1. The zero-order valence-electron chi connectivity index (χ0n) is 35.0. The number of piperidine rings is 1. The number of fused-ring (bicyclic) bond motifs is 1. The predicted molar refractivity (Wildman–Crippen MR) is 220 cm³/mol. The molecule has 7 atom stereocenters. The van der Waals surface area contributed by atoms with E-state index in [4.69, 9.17) is 4.74 Å². The summed E-state index contributed by atoms with van der Waals surface area (Å²) in [7, 11) is 1.92. The highest BCUT2D eigenvalue weighted by atomic mass is 32.1. The summed E-state index contributed by atoms with van der Waals surface area (Å²) < 4.78 is 46.2. The topological polar surface area (TPSA) is 158 Å². The SMILES string of the molecule is CC[C@H](C)[C@H](NC(=O)[C@H]1CCCCN1C)C(=O)N(Cc1ccccc1)[C@H](C[C@@H](OC(C)=O)c1nc(C(=O)N[C@H]2Cc3ccc(C(F)(F)F)cc3[C@H](C(=O)O)C2)cs1)C(C)C. The van der Waals surface area contributed by atoms with Gasteiger partial charge in [-0.3, -0.25) is 28.9 Å². The summed E-state index contributed by atoms with van der Waals surface area (Å²) in [5.41, 5.74) is 0.377. The number of nitrogens with one attached hydrogen (secondary N) is 2. The molecule has 0 saturated carbocycles. The molecule has 0 unspecified atom stereocenters. The molecule has 2 heterocycles. The van der Waals surface area contributed by atoms with Crippen LogP contribution in [0.2, 0.25) is 0 Å². The molecule has 3 N–H and O–H groups in total. The van der Waals surface area contributed by atoms with Gasteiger partial charge in [0.1, 0.15) is 16.7 Å². The number of amides is 3. The fourth-order valence-electron chi connectivity index (χ4n) is 8.22. The number of hydrogen-bond acceptors (Lipinski definition) is 9. The van der Waals surface area contributed by atoms with E-state index in [9.17, 15) is 42.3 Å². The van der Waals surface area contributed by atoms with E-state index in [-0.39, 0.29) is 66.8 Å². The largest absolute Gasteiger partial charge is 0.481 e. The average Bonchev–Trinajstić information content (AvgIpc) is 3.70. The second-order valence-electron chi connectivity index (χ2n) is 16.4. The molecular formula is C44H56F3N5O7S. The molecule has 5 rings (SSSR count). The summed E-state index contributed by atoms with van der Waals surface area (Å²) in [5, 5.41) is 17.7. The smallest absolute Gasteiger partial charge is 0.416 e. The van der Waals surface area contributed by atoms with Crippen LogP contribution in [-0.4, -0.2) is 87.3 Å². The Morgan fingerprint density at radius 2 is 1.78 bits per heavy atom. The van der Waals surface area contributed by atoms with Crippen LogP contribution in [0.15, 0.2) is 53.9 Å². The summed E-state index contributed by atoms with van der Waals surface area (Å²) >= 11 is 1.09. The Morgan fingerprint density at radius 3 is 2.40 bits per heavy atom. The number of carbonyl (C=O) groups is 5. The Hall–Kier alpha value is -4.83. The summed E-state index contributed by atoms with van der Waals surface area (Å²) in [6.07, 6.45) is -2.24. The lowest BCUT2D eigenvalue weighted by Gasteiger charge is -2.40. The number of thiazole rings is 1. The lowest BCUT2D eigenvalue weighted by molar-refractivity contribution is -0.150. The van der Waals surface area contributed by atoms with E-state index in [1.807, 2.05) is 70.0 Å². The maximum absolute atomic E-state index is 15.0. The van der Waals surface area contributed by atoms with Crippen LogP contribution in [0.5, 0.6) is 0 Å². The molecule has 1 aromatic heterocycles. The van der Waals surface area contributed by atoms with Crippen molar-refractivity contribution in [3.05, 3.63) is 86.9 Å². The predicted octanol–water partition coefficient (Wildman–Crippen LogP) is 7.14. The van der Waals surface area contributed by atoms with Gasteiger partial charge in [-0.25, -0.2) is 4.98 Å². The van der Waals surface area contributed by atoms with Crippen molar-refractivity contribution in [3.63, 3.8) is 0 Å². The highest BCUT2D eigenvalue weighted by molar-refractivity contribution is 7.09. The van der Waals surface area contributed by atoms with Gasteiger partial charge in [-0.05, 0) is 79.9 Å². The number of halogens is 3. The van der Waals surface area contributed by atoms with Gasteiger partial charge in [0, 0.05) is 37.4 Å². The van der Waals surface area contributed by atoms with Gasteiger partial charge in [0.05, 0.1) is 17.5 Å². The molecule has 1 fully saturated rings. The van der Waals surface area contributed by atoms with Crippen molar-refractivity contribution >= 4 is 41.0 Å². The zero-order chi connectivity index (χ0) is 43.9. The number of aliphatic carboxylic acids is 1. The van der Waals surface area contributed by atoms with Crippen LogP contribution in [0.25, 0.3) is 0 Å². The van der Waals surface area contributed by atoms with E-state index >= 15 is 0 Å². The lowest BCUT2D eigenvalue weighted by atomic mass is 9.79. The first-order chi connectivity index (χ1) is 28.4. The average molecular weight is 856 g/mol. The second kappa shape index (κ2) is 20.2. The molecule has 60 heavy (non-hydrogen) atoms. The standard InChI is InChI=1S/C44H56F3N5O7S/c1-7-26(4)38(50-40(55)35-15-11-12-18-51(35)6)42(56)52(23-28-13-9-8-10-14-28)36(25(2)3)22-37(59-27(5)53)41-49-34(24-60-41)39(54)48-31-19-29-16-17-30(44(45,46)47)20-32(29)33(21-31)43(57)58/h8-10,13-14,16-17,20,24-26,31,33,35-38H,7,11-12,15,18-19,21-23H2,1-6H3,(H,48,54)(H,50,55)(H,57,58)/t26-,31-,33+,35+,36+,37+,38-/m0/s1. The number of likely N-dealkylation sites (tertiary alicyclic amines) is 1. The summed E-state index contributed by atoms with van der Waals surface area (Å²) in [4.78, 5) is 75.5. The van der Waals surface area contributed by atoms with E-state index in [0.717, 1.165) is 48.4 Å². The minimum Gasteiger partial charge on any atom is -0.481 e. The number of likely N-dealkylation sites (N-methyl/N-ethyl adjacent to an activating group) is 1. The third kappa shape index (κ3) is 11.5. The number of carboxylic acid groups (broad SMARTS) is 1. The molecule has 1 aliphatic heterocycles. The number of hydrogen-bond donors (Lipinski definition) is 3. The molecule has 12 nitrogen and oxygen atoms in total. The molecule has 0 spiro atoms. The molecule has 3 amide bonds. The number of ether oxygens (including phenoxy) is 1. The van der Waals surface area contributed by atoms with Gasteiger partial charge < -0.3 is 25.4 Å². The highest BCUT2D eigenvalue weighted by Gasteiger charge is 2.40. The molecule has 2 aliphatic rings. The van der Waals surface area contributed by atoms with Gasteiger partial charge in [-0.15, -0.1) is 11.3 Å². The van der Waals surface area contributed by atoms with Crippen LogP contribution in [0.1, 0.15) is 123 Å². The van der Waals surface area contributed by atoms with Crippen molar-refractivity contribution in [1.82, 2.24) is 25.4 Å². The molecule has 0 radical (unpaired) electrons. The quantitative estimate of drug-likeness (QED) is 0.128. The number of aromatic nitrogens is 1. The van der Waals surface area contributed by atoms with Crippen LogP contribution >= 0.6 is 11.3 Å². The minimum atomic E-state index is -4.64. The molecule has 16 heteroatoms. The van der Waals surface area contributed by atoms with Crippen molar-refractivity contribution in [1.29, 1.82) is 0 Å². The van der Waals surface area contributed by atoms with E-state index < -0.39 is 59.7 Å². The first kappa shape index (κ1) is 46.2. The van der Waals surface area contributed by atoms with Crippen LogP contribution in [0.3, 0.4) is 0 Å². The van der Waals surface area contributed by atoms with E-state index in [0.29, 0.717) is 23.4 Å². The maximum Gasteiger partial charge on any atom is 0.416 e. The van der Waals surface area contributed by atoms with Crippen molar-refractivity contribution in [2.45, 2.75) is 128 Å². The van der Waals surface area contributed by atoms with Crippen LogP contribution in [-0.2, 0) is 43.1 Å². The van der Waals surface area contributed by atoms with Gasteiger partial charge in [-0.1, -0.05) is 76.9 Å². The van der Waals surface area contributed by atoms with Crippen molar-refractivity contribution in [3.8, 4) is 0 Å². The minimum absolute atomic E-state index is 0.0113. The number of benzene rings is 2. The number of carbonyl (C=O) groups excluding carboxylic acids is 4. The zero-order valence-corrected chi connectivity index (χ0v) is 35.8. The number of alkyl halides is 3. The molecular weight excluding hydrogens is 800 g/mol. The fourth-order valence-corrected chi connectivity index (χ4v) is 9.06. The first-order valence-corrected chi connectivity index (χ1v) is 21.5. The third-order valence-corrected chi connectivity index (χ3v) is 12.7. The third-order valence-electron chi connectivity index (χ3n) is 11.8. The van der Waals surface area contributed by atoms with Crippen LogP contribution in [0.4, 0.5) is 13.2 Å². The number of nitrogens with zero attached hydrogens (tertiary/aromatic N) is 3. The lowest BCUT2D eigenvalue weighted by Crippen LogP contribution is -2.58. The Morgan fingerprint density at radius 1 is 1.07 bits per heavy atom. The van der Waals surface area contributed by atoms with Gasteiger partial charge in [0.2, 0.25) is 11.8 Å². The summed E-state index contributed by atoms with van der Waals surface area (Å²) in [6.45, 7) is 10.1. The van der Waals surface area contributed by atoms with Crippen LogP contribution < -0.4 is 10.6 Å². The number of rotatable bonds is 16. The van der Waals surface area contributed by atoms with E-state index in [1.165, 1.54) is 18.4 Å². The molecule has 1 saturated heterocycles. The summed E-state index contributed by atoms with van der Waals surface area (Å²) in [5.74, 6) is -4.61. The molecule has 2 aromatic carbocycles. The maximum atomic E-state index is 15.0. The Bertz CT molecular complexity index is 1990. The molecule has 326 valence electrons. The van der Waals surface area contributed by atoms with Gasteiger partial charge in [0.25, 0.3) is 5.91 Å².